The zero-order chi connectivity index (χ0) is 13.8. The van der Waals surface area contributed by atoms with Crippen molar-refractivity contribution in [1.29, 1.82) is 0 Å². The second-order valence-electron chi connectivity index (χ2n) is 5.21. The molecule has 0 spiro atoms. The van der Waals surface area contributed by atoms with E-state index in [9.17, 15) is 9.90 Å². The van der Waals surface area contributed by atoms with E-state index in [-0.39, 0.29) is 11.9 Å². The number of anilines is 1. The van der Waals surface area contributed by atoms with Crippen LogP contribution in [-0.4, -0.2) is 30.2 Å². The van der Waals surface area contributed by atoms with Crippen molar-refractivity contribution in [2.75, 3.05) is 12.4 Å². The topological polar surface area (TPSA) is 61.4 Å². The van der Waals surface area contributed by atoms with E-state index in [4.69, 9.17) is 0 Å². The molecule has 3 N–H and O–H groups in total. The molecule has 0 saturated heterocycles. The van der Waals surface area contributed by atoms with E-state index in [1.54, 1.807) is 0 Å². The Balaban J connectivity index is 2.07. The van der Waals surface area contributed by atoms with E-state index in [1.165, 1.54) is 0 Å². The molecular weight excluding hydrogens is 240 g/mol. The Morgan fingerprint density at radius 1 is 1.32 bits per heavy atom. The summed E-state index contributed by atoms with van der Waals surface area (Å²) in [6.07, 6.45) is 3.35. The van der Waals surface area contributed by atoms with E-state index in [0.717, 1.165) is 36.9 Å². The van der Waals surface area contributed by atoms with Gasteiger partial charge in [-0.2, -0.15) is 0 Å². The van der Waals surface area contributed by atoms with Gasteiger partial charge in [-0.1, -0.05) is 12.8 Å². The Kier molecular flexibility index (Phi) is 4.43. The molecular formula is C15H22N2O2. The third-order valence-corrected chi connectivity index (χ3v) is 3.81. The third-order valence-electron chi connectivity index (χ3n) is 3.81. The largest absolute Gasteiger partial charge is 0.391 e. The maximum absolute atomic E-state index is 12.2. The van der Waals surface area contributed by atoms with Gasteiger partial charge in [-0.25, -0.2) is 0 Å². The number of aliphatic hydroxyl groups is 1. The van der Waals surface area contributed by atoms with Crippen LogP contribution in [0.2, 0.25) is 0 Å². The molecule has 0 bridgehead atoms. The lowest BCUT2D eigenvalue weighted by atomic mass is 9.92. The van der Waals surface area contributed by atoms with Crippen molar-refractivity contribution in [3.05, 3.63) is 29.3 Å². The second-order valence-corrected chi connectivity index (χ2v) is 5.21. The summed E-state index contributed by atoms with van der Waals surface area (Å²) >= 11 is 0. The molecule has 104 valence electrons. The van der Waals surface area contributed by atoms with Crippen LogP contribution in [-0.2, 0) is 0 Å². The quantitative estimate of drug-likeness (QED) is 0.781. The number of amides is 1. The van der Waals surface area contributed by atoms with Crippen LogP contribution in [0.15, 0.2) is 18.2 Å². The highest BCUT2D eigenvalue weighted by atomic mass is 16.3. The molecule has 4 nitrogen and oxygen atoms in total. The van der Waals surface area contributed by atoms with Gasteiger partial charge in [0.25, 0.3) is 5.91 Å². The van der Waals surface area contributed by atoms with E-state index >= 15 is 0 Å². The van der Waals surface area contributed by atoms with Crippen molar-refractivity contribution in [1.82, 2.24) is 5.32 Å². The molecule has 4 heteroatoms. The number of benzene rings is 1. The Morgan fingerprint density at radius 3 is 2.68 bits per heavy atom. The lowest BCUT2D eigenvalue weighted by Crippen LogP contribution is -2.45. The lowest BCUT2D eigenvalue weighted by molar-refractivity contribution is 0.0717. The van der Waals surface area contributed by atoms with Gasteiger partial charge in [-0.05, 0) is 43.5 Å². The van der Waals surface area contributed by atoms with E-state index in [0.29, 0.717) is 5.56 Å². The highest BCUT2D eigenvalue weighted by Crippen LogP contribution is 2.20. The zero-order valence-electron chi connectivity index (χ0n) is 11.6. The van der Waals surface area contributed by atoms with E-state index < -0.39 is 6.10 Å². The van der Waals surface area contributed by atoms with Crippen molar-refractivity contribution in [2.45, 2.75) is 44.8 Å². The summed E-state index contributed by atoms with van der Waals surface area (Å²) < 4.78 is 0. The first kappa shape index (κ1) is 13.9. The molecule has 0 aromatic heterocycles. The molecule has 2 unspecified atom stereocenters. The summed E-state index contributed by atoms with van der Waals surface area (Å²) in [6, 6.07) is 5.56. The number of hydrogen-bond donors (Lipinski definition) is 3. The van der Waals surface area contributed by atoms with Crippen LogP contribution in [0, 0.1) is 6.92 Å². The number of aliphatic hydroxyl groups excluding tert-OH is 1. The van der Waals surface area contributed by atoms with Gasteiger partial charge in [0.05, 0.1) is 12.1 Å². The summed E-state index contributed by atoms with van der Waals surface area (Å²) in [6.45, 7) is 1.92. The molecule has 2 rings (SSSR count). The highest BCUT2D eigenvalue weighted by molar-refractivity contribution is 5.96. The molecule has 1 aliphatic carbocycles. The maximum Gasteiger partial charge on any atom is 0.251 e. The SMILES string of the molecule is CNc1ccc(C(=O)NC2CCCCC2O)c(C)c1. The molecule has 19 heavy (non-hydrogen) atoms. The van der Waals surface area contributed by atoms with Gasteiger partial charge in [0.15, 0.2) is 0 Å². The Bertz CT molecular complexity index is 459. The normalized spacial score (nSPS) is 22.9. The fourth-order valence-electron chi connectivity index (χ4n) is 2.60. The second kappa shape index (κ2) is 6.06. The standard InChI is InChI=1S/C15H22N2O2/c1-10-9-11(16-2)7-8-12(10)15(19)17-13-5-3-4-6-14(13)18/h7-9,13-14,16,18H,3-6H2,1-2H3,(H,17,19). The van der Waals surface area contributed by atoms with Crippen LogP contribution < -0.4 is 10.6 Å². The molecule has 1 aromatic rings. The fourth-order valence-corrected chi connectivity index (χ4v) is 2.60. The van der Waals surface area contributed by atoms with Gasteiger partial charge in [-0.3, -0.25) is 4.79 Å². The Hall–Kier alpha value is -1.55. The summed E-state index contributed by atoms with van der Waals surface area (Å²) in [5, 5.41) is 15.9. The van der Waals surface area contributed by atoms with Crippen molar-refractivity contribution in [3.63, 3.8) is 0 Å². The minimum atomic E-state index is -0.408. The molecule has 1 aromatic carbocycles. The van der Waals surface area contributed by atoms with Crippen LogP contribution >= 0.6 is 0 Å². The minimum absolute atomic E-state index is 0.0916. The van der Waals surface area contributed by atoms with Gasteiger partial charge in [0.2, 0.25) is 0 Å². The van der Waals surface area contributed by atoms with Crippen molar-refractivity contribution in [2.24, 2.45) is 0 Å². The lowest BCUT2D eigenvalue weighted by Gasteiger charge is -2.28. The number of hydrogen-bond acceptors (Lipinski definition) is 3. The molecule has 1 saturated carbocycles. The van der Waals surface area contributed by atoms with Gasteiger partial charge in [-0.15, -0.1) is 0 Å². The van der Waals surface area contributed by atoms with Gasteiger partial charge >= 0.3 is 0 Å². The van der Waals surface area contributed by atoms with Crippen LogP contribution in [0.25, 0.3) is 0 Å². The predicted molar refractivity (Wildman–Crippen MR) is 76.5 cm³/mol. The number of rotatable bonds is 3. The highest BCUT2D eigenvalue weighted by Gasteiger charge is 2.25. The first-order valence-corrected chi connectivity index (χ1v) is 6.89. The summed E-state index contributed by atoms with van der Waals surface area (Å²) in [4.78, 5) is 12.2. The molecule has 1 amide bonds. The van der Waals surface area contributed by atoms with Crippen LogP contribution in [0.1, 0.15) is 41.6 Å². The number of nitrogens with one attached hydrogen (secondary N) is 2. The molecule has 1 fully saturated rings. The maximum atomic E-state index is 12.2. The molecule has 0 aliphatic heterocycles. The van der Waals surface area contributed by atoms with Crippen LogP contribution in [0.5, 0.6) is 0 Å². The fraction of sp³-hybridized carbons (Fsp3) is 0.533. The Morgan fingerprint density at radius 2 is 2.05 bits per heavy atom. The number of aryl methyl sites for hydroxylation is 1. The summed E-state index contributed by atoms with van der Waals surface area (Å²) in [5.41, 5.74) is 2.61. The van der Waals surface area contributed by atoms with Crippen LogP contribution in [0.3, 0.4) is 0 Å². The predicted octanol–water partition coefficient (Wildman–Crippen LogP) is 2.07. The average molecular weight is 262 g/mol. The average Bonchev–Trinajstić information content (AvgIpc) is 2.41. The summed E-state index contributed by atoms with van der Waals surface area (Å²) in [5.74, 6) is -0.0916. The Labute approximate surface area is 114 Å². The smallest absolute Gasteiger partial charge is 0.251 e. The molecule has 1 aliphatic rings. The zero-order valence-corrected chi connectivity index (χ0v) is 11.6. The monoisotopic (exact) mass is 262 g/mol. The van der Waals surface area contributed by atoms with Crippen molar-refractivity contribution >= 4 is 11.6 Å². The molecule has 0 heterocycles. The minimum Gasteiger partial charge on any atom is -0.391 e. The third kappa shape index (κ3) is 3.26. The first-order chi connectivity index (χ1) is 9.11. The van der Waals surface area contributed by atoms with Crippen LogP contribution in [0.4, 0.5) is 5.69 Å². The summed E-state index contributed by atoms with van der Waals surface area (Å²) in [7, 11) is 1.85. The van der Waals surface area contributed by atoms with Gasteiger partial charge in [0.1, 0.15) is 0 Å². The number of carbonyl (C=O) groups excluding carboxylic acids is 1. The van der Waals surface area contributed by atoms with Crippen molar-refractivity contribution < 1.29 is 9.90 Å². The van der Waals surface area contributed by atoms with Gasteiger partial charge < -0.3 is 15.7 Å². The van der Waals surface area contributed by atoms with Gasteiger partial charge in [0, 0.05) is 18.3 Å². The van der Waals surface area contributed by atoms with Crippen molar-refractivity contribution in [3.8, 4) is 0 Å². The first-order valence-electron chi connectivity index (χ1n) is 6.89. The van der Waals surface area contributed by atoms with E-state index in [2.05, 4.69) is 10.6 Å². The molecule has 0 radical (unpaired) electrons. The molecule has 2 atom stereocenters. The van der Waals surface area contributed by atoms with E-state index in [1.807, 2.05) is 32.2 Å². The number of carbonyl (C=O) groups is 1.